The van der Waals surface area contributed by atoms with Crippen molar-refractivity contribution < 1.29 is 4.79 Å². The van der Waals surface area contributed by atoms with Gasteiger partial charge in [-0.25, -0.2) is 0 Å². The van der Waals surface area contributed by atoms with Crippen molar-refractivity contribution in [1.82, 2.24) is 0 Å². The van der Waals surface area contributed by atoms with E-state index in [1.807, 2.05) is 24.3 Å². The molecular weight excluding hydrogens is 198 g/mol. The van der Waals surface area contributed by atoms with Gasteiger partial charge in [0.05, 0.1) is 0 Å². The third kappa shape index (κ3) is 3.04. The number of alkyl halides is 1. The van der Waals surface area contributed by atoms with E-state index < -0.39 is 5.38 Å². The molecule has 0 aromatic heterocycles. The zero-order chi connectivity index (χ0) is 10.6. The molecule has 0 fully saturated rings. The van der Waals surface area contributed by atoms with E-state index in [0.717, 1.165) is 12.1 Å². The minimum atomic E-state index is -0.500. The molecule has 3 heteroatoms. The minimum Gasteiger partial charge on any atom is -0.325 e. The van der Waals surface area contributed by atoms with Crippen molar-refractivity contribution in [2.45, 2.75) is 25.6 Å². The Morgan fingerprint density at radius 2 is 2.29 bits per heavy atom. The lowest BCUT2D eigenvalue weighted by atomic mass is 10.1. The van der Waals surface area contributed by atoms with Crippen LogP contribution in [0.1, 0.15) is 19.4 Å². The van der Waals surface area contributed by atoms with Gasteiger partial charge in [-0.15, -0.1) is 11.6 Å². The molecule has 14 heavy (non-hydrogen) atoms. The molecule has 1 rings (SSSR count). The van der Waals surface area contributed by atoms with Crippen molar-refractivity contribution in [2.24, 2.45) is 0 Å². The largest absolute Gasteiger partial charge is 0.325 e. The van der Waals surface area contributed by atoms with Gasteiger partial charge < -0.3 is 5.32 Å². The normalized spacial score (nSPS) is 12.2. The smallest absolute Gasteiger partial charge is 0.242 e. The van der Waals surface area contributed by atoms with Gasteiger partial charge in [-0.1, -0.05) is 19.1 Å². The molecule has 0 saturated carbocycles. The van der Waals surface area contributed by atoms with Gasteiger partial charge in [-0.05, 0) is 31.0 Å². The fraction of sp³-hybridized carbons (Fsp3) is 0.364. The summed E-state index contributed by atoms with van der Waals surface area (Å²) in [6, 6.07) is 7.76. The van der Waals surface area contributed by atoms with Crippen molar-refractivity contribution >= 4 is 23.2 Å². The molecule has 0 aliphatic carbocycles. The highest BCUT2D eigenvalue weighted by atomic mass is 35.5. The average molecular weight is 212 g/mol. The molecule has 0 aliphatic rings. The second kappa shape index (κ2) is 5.01. The van der Waals surface area contributed by atoms with Crippen LogP contribution in [0, 0.1) is 0 Å². The molecule has 2 nitrogen and oxygen atoms in total. The highest BCUT2D eigenvalue weighted by Gasteiger charge is 2.08. The van der Waals surface area contributed by atoms with E-state index in [4.69, 9.17) is 11.6 Å². The zero-order valence-corrected chi connectivity index (χ0v) is 9.14. The van der Waals surface area contributed by atoms with E-state index in [2.05, 4.69) is 12.2 Å². The van der Waals surface area contributed by atoms with Gasteiger partial charge in [-0.2, -0.15) is 0 Å². The quantitative estimate of drug-likeness (QED) is 0.766. The second-order valence-corrected chi connectivity index (χ2v) is 3.81. The first kappa shape index (κ1) is 11.1. The second-order valence-electron chi connectivity index (χ2n) is 3.16. The lowest BCUT2D eigenvalue weighted by Crippen LogP contribution is -2.20. The molecule has 0 saturated heterocycles. The maximum Gasteiger partial charge on any atom is 0.242 e. The van der Waals surface area contributed by atoms with Crippen LogP contribution in [0.4, 0.5) is 5.69 Å². The fourth-order valence-electron chi connectivity index (χ4n) is 1.11. The lowest BCUT2D eigenvalue weighted by molar-refractivity contribution is -0.115. The number of benzene rings is 1. The third-order valence-electron chi connectivity index (χ3n) is 1.96. The van der Waals surface area contributed by atoms with Gasteiger partial charge in [0.2, 0.25) is 5.91 Å². The molecule has 0 radical (unpaired) electrons. The summed E-state index contributed by atoms with van der Waals surface area (Å²) in [4.78, 5) is 11.3. The average Bonchev–Trinajstić information content (AvgIpc) is 2.18. The van der Waals surface area contributed by atoms with Crippen LogP contribution in [-0.2, 0) is 11.2 Å². The Bertz CT molecular complexity index is 323. The number of carbonyl (C=O) groups is 1. The molecule has 1 atom stereocenters. The topological polar surface area (TPSA) is 29.1 Å². The monoisotopic (exact) mass is 211 g/mol. The van der Waals surface area contributed by atoms with Gasteiger partial charge in [-0.3, -0.25) is 4.79 Å². The minimum absolute atomic E-state index is 0.167. The number of amides is 1. The summed E-state index contributed by atoms with van der Waals surface area (Å²) in [5.41, 5.74) is 2.01. The number of hydrogen-bond acceptors (Lipinski definition) is 1. The summed E-state index contributed by atoms with van der Waals surface area (Å²) >= 11 is 5.64. The zero-order valence-electron chi connectivity index (χ0n) is 8.38. The number of aryl methyl sites for hydroxylation is 1. The third-order valence-corrected chi connectivity index (χ3v) is 2.16. The van der Waals surface area contributed by atoms with Crippen LogP contribution in [0.25, 0.3) is 0 Å². The van der Waals surface area contributed by atoms with Crippen molar-refractivity contribution in [2.75, 3.05) is 5.32 Å². The van der Waals surface area contributed by atoms with Crippen molar-refractivity contribution in [3.8, 4) is 0 Å². The van der Waals surface area contributed by atoms with Gasteiger partial charge in [0.1, 0.15) is 5.38 Å². The lowest BCUT2D eigenvalue weighted by Gasteiger charge is -2.07. The van der Waals surface area contributed by atoms with Crippen LogP contribution in [-0.4, -0.2) is 11.3 Å². The first-order valence-corrected chi connectivity index (χ1v) is 5.11. The fourth-order valence-corrected chi connectivity index (χ4v) is 1.17. The molecule has 1 N–H and O–H groups in total. The van der Waals surface area contributed by atoms with E-state index in [9.17, 15) is 4.79 Å². The molecule has 0 spiro atoms. The Morgan fingerprint density at radius 3 is 2.86 bits per heavy atom. The number of anilines is 1. The predicted molar refractivity (Wildman–Crippen MR) is 59.8 cm³/mol. The van der Waals surface area contributed by atoms with Crippen molar-refractivity contribution in [3.63, 3.8) is 0 Å². The number of rotatable bonds is 3. The first-order valence-electron chi connectivity index (χ1n) is 4.67. The summed E-state index contributed by atoms with van der Waals surface area (Å²) in [6.07, 6.45) is 0.958. The van der Waals surface area contributed by atoms with Crippen LogP contribution in [0.15, 0.2) is 24.3 Å². The van der Waals surface area contributed by atoms with Gasteiger partial charge in [0, 0.05) is 5.69 Å². The predicted octanol–water partition coefficient (Wildman–Crippen LogP) is 2.81. The van der Waals surface area contributed by atoms with E-state index in [1.165, 1.54) is 5.56 Å². The first-order chi connectivity index (χ1) is 6.63. The summed E-state index contributed by atoms with van der Waals surface area (Å²) < 4.78 is 0. The molecule has 0 aliphatic heterocycles. The maximum absolute atomic E-state index is 11.3. The molecule has 1 aromatic rings. The number of halogens is 1. The Balaban J connectivity index is 2.72. The van der Waals surface area contributed by atoms with Crippen LogP contribution < -0.4 is 5.32 Å². The summed E-state index contributed by atoms with van der Waals surface area (Å²) in [6.45, 7) is 3.73. The van der Waals surface area contributed by atoms with E-state index in [-0.39, 0.29) is 5.91 Å². The molecule has 1 unspecified atom stereocenters. The Hall–Kier alpha value is -1.02. The summed E-state index contributed by atoms with van der Waals surface area (Å²) in [7, 11) is 0. The number of hydrogen-bond donors (Lipinski definition) is 1. The Kier molecular flexibility index (Phi) is 3.96. The van der Waals surface area contributed by atoms with E-state index >= 15 is 0 Å². The molecule has 0 bridgehead atoms. The highest BCUT2D eigenvalue weighted by molar-refractivity contribution is 6.32. The molecule has 1 aromatic carbocycles. The molecule has 76 valence electrons. The van der Waals surface area contributed by atoms with Crippen LogP contribution in [0.5, 0.6) is 0 Å². The van der Waals surface area contributed by atoms with E-state index in [1.54, 1.807) is 6.92 Å². The van der Waals surface area contributed by atoms with Crippen LogP contribution >= 0.6 is 11.6 Å². The highest BCUT2D eigenvalue weighted by Crippen LogP contribution is 2.12. The molecule has 0 heterocycles. The van der Waals surface area contributed by atoms with E-state index in [0.29, 0.717) is 0 Å². The Morgan fingerprint density at radius 1 is 1.57 bits per heavy atom. The number of nitrogens with one attached hydrogen (secondary N) is 1. The Labute approximate surface area is 89.3 Å². The number of carbonyl (C=O) groups excluding carboxylic acids is 1. The summed E-state index contributed by atoms with van der Waals surface area (Å²) in [5, 5.41) is 2.25. The standard InChI is InChI=1S/C11H14ClNO/c1-3-9-5-4-6-10(7-9)13-11(14)8(2)12/h4-8H,3H2,1-2H3,(H,13,14). The molecule has 1 amide bonds. The van der Waals surface area contributed by atoms with Gasteiger partial charge in [0.25, 0.3) is 0 Å². The van der Waals surface area contributed by atoms with Crippen LogP contribution in [0.3, 0.4) is 0 Å². The SMILES string of the molecule is CCc1cccc(NC(=O)C(C)Cl)c1. The maximum atomic E-state index is 11.3. The van der Waals surface area contributed by atoms with Gasteiger partial charge in [0.15, 0.2) is 0 Å². The molecular formula is C11H14ClNO. The van der Waals surface area contributed by atoms with Crippen molar-refractivity contribution in [1.29, 1.82) is 0 Å². The summed E-state index contributed by atoms with van der Waals surface area (Å²) in [5.74, 6) is -0.167. The van der Waals surface area contributed by atoms with Crippen LogP contribution in [0.2, 0.25) is 0 Å². The van der Waals surface area contributed by atoms with Crippen molar-refractivity contribution in [3.05, 3.63) is 29.8 Å². The van der Waals surface area contributed by atoms with Gasteiger partial charge >= 0.3 is 0 Å².